The number of rotatable bonds is 3. The molecule has 0 spiro atoms. The summed E-state index contributed by atoms with van der Waals surface area (Å²) in [5, 5.41) is 18.5. The molecule has 0 fully saturated rings. The Labute approximate surface area is 127 Å². The fourth-order valence-corrected chi connectivity index (χ4v) is 3.58. The molecule has 4 heteroatoms. The fraction of sp³-hybridized carbons (Fsp3) is 0.222. The lowest BCUT2D eigenvalue weighted by Crippen LogP contribution is -2.19. The van der Waals surface area contributed by atoms with Crippen molar-refractivity contribution >= 4 is 11.9 Å². The van der Waals surface area contributed by atoms with E-state index in [1.807, 2.05) is 12.1 Å². The highest BCUT2D eigenvalue weighted by molar-refractivity contribution is 5.94. The lowest BCUT2D eigenvalue weighted by atomic mass is 9.74. The molecular formula is C18H14O4. The van der Waals surface area contributed by atoms with Crippen molar-refractivity contribution in [2.75, 3.05) is 0 Å². The van der Waals surface area contributed by atoms with Crippen molar-refractivity contribution in [3.8, 4) is 11.1 Å². The normalized spacial score (nSPS) is 14.4. The van der Waals surface area contributed by atoms with Crippen molar-refractivity contribution in [1.82, 2.24) is 0 Å². The van der Waals surface area contributed by atoms with Crippen LogP contribution in [0.4, 0.5) is 0 Å². The number of carboxylic acid groups (broad SMARTS) is 2. The summed E-state index contributed by atoms with van der Waals surface area (Å²) >= 11 is 0. The Morgan fingerprint density at radius 3 is 1.27 bits per heavy atom. The van der Waals surface area contributed by atoms with Crippen LogP contribution < -0.4 is 0 Å². The van der Waals surface area contributed by atoms with Crippen LogP contribution in [0.5, 0.6) is 0 Å². The van der Waals surface area contributed by atoms with E-state index >= 15 is 0 Å². The summed E-state index contributed by atoms with van der Waals surface area (Å²) < 4.78 is 0. The Hall–Kier alpha value is -2.62. The predicted molar refractivity (Wildman–Crippen MR) is 80.6 cm³/mol. The molecule has 0 heterocycles. The van der Waals surface area contributed by atoms with Gasteiger partial charge >= 0.3 is 11.9 Å². The third kappa shape index (κ3) is 1.64. The van der Waals surface area contributed by atoms with E-state index in [9.17, 15) is 19.8 Å². The largest absolute Gasteiger partial charge is 0.478 e. The van der Waals surface area contributed by atoms with E-state index in [4.69, 9.17) is 0 Å². The van der Waals surface area contributed by atoms with Crippen molar-refractivity contribution in [2.24, 2.45) is 0 Å². The molecule has 0 aliphatic heterocycles. The van der Waals surface area contributed by atoms with Gasteiger partial charge in [-0.15, -0.1) is 0 Å². The number of carboxylic acids is 2. The minimum absolute atomic E-state index is 0.394. The van der Waals surface area contributed by atoms with E-state index in [-0.39, 0.29) is 0 Å². The summed E-state index contributed by atoms with van der Waals surface area (Å²) in [4.78, 5) is 22.5. The van der Waals surface area contributed by atoms with Crippen LogP contribution in [-0.2, 0) is 25.7 Å². The number of benzene rings is 2. The van der Waals surface area contributed by atoms with Gasteiger partial charge in [-0.1, -0.05) is 12.1 Å². The molecule has 2 N–H and O–H groups in total. The maximum Gasteiger partial charge on any atom is 0.335 e. The van der Waals surface area contributed by atoms with Crippen molar-refractivity contribution in [3.05, 3.63) is 57.6 Å². The van der Waals surface area contributed by atoms with Gasteiger partial charge in [0.05, 0.1) is 11.1 Å². The van der Waals surface area contributed by atoms with E-state index in [1.54, 1.807) is 12.1 Å². The molecule has 22 heavy (non-hydrogen) atoms. The standard InChI is InChI=1S/C18H14O4/c19-17(20)15-7-5-9(11-1-3-13(11)15)10-6-8-16(18(21)22)14-4-2-12(10)14/h5-8H,1-4H2,(H,19,20)(H,21,22). The van der Waals surface area contributed by atoms with Gasteiger partial charge in [-0.2, -0.15) is 0 Å². The van der Waals surface area contributed by atoms with Gasteiger partial charge in [0.1, 0.15) is 0 Å². The fourth-order valence-electron chi connectivity index (χ4n) is 3.58. The second-order valence-electron chi connectivity index (χ2n) is 5.85. The summed E-state index contributed by atoms with van der Waals surface area (Å²) in [5.41, 5.74) is 7.00. The molecule has 4 nitrogen and oxygen atoms in total. The van der Waals surface area contributed by atoms with Gasteiger partial charge in [0.15, 0.2) is 0 Å². The van der Waals surface area contributed by atoms with Crippen molar-refractivity contribution in [1.29, 1.82) is 0 Å². The van der Waals surface area contributed by atoms with Crippen molar-refractivity contribution in [2.45, 2.75) is 25.7 Å². The maximum absolute atomic E-state index is 11.2. The molecule has 2 aromatic rings. The Bertz CT molecular complexity index is 777. The van der Waals surface area contributed by atoms with Gasteiger partial charge in [0.25, 0.3) is 0 Å². The highest BCUT2D eigenvalue weighted by Gasteiger charge is 2.29. The summed E-state index contributed by atoms with van der Waals surface area (Å²) in [7, 11) is 0. The minimum atomic E-state index is -0.878. The van der Waals surface area contributed by atoms with Crippen LogP contribution in [0.2, 0.25) is 0 Å². The molecule has 2 aliphatic rings. The van der Waals surface area contributed by atoms with E-state index in [2.05, 4.69) is 0 Å². The smallest absolute Gasteiger partial charge is 0.335 e. The number of aromatic carboxylic acids is 2. The molecule has 2 aromatic carbocycles. The SMILES string of the molecule is O=C(O)c1ccc(-c2ccc(C(=O)O)c3c2CC3)c2c1CC2. The lowest BCUT2D eigenvalue weighted by Gasteiger charge is -2.29. The van der Waals surface area contributed by atoms with Crippen molar-refractivity contribution in [3.63, 3.8) is 0 Å². The number of carbonyl (C=O) groups is 2. The Morgan fingerprint density at radius 1 is 0.636 bits per heavy atom. The second kappa shape index (κ2) is 4.44. The first-order chi connectivity index (χ1) is 10.6. The Morgan fingerprint density at radius 2 is 1.00 bits per heavy atom. The van der Waals surface area contributed by atoms with Gasteiger partial charge in [-0.25, -0.2) is 9.59 Å². The predicted octanol–water partition coefficient (Wildman–Crippen LogP) is 2.95. The molecule has 0 saturated carbocycles. The van der Waals surface area contributed by atoms with Crippen LogP contribution in [0.25, 0.3) is 11.1 Å². The van der Waals surface area contributed by atoms with E-state index in [0.29, 0.717) is 11.1 Å². The molecule has 0 radical (unpaired) electrons. The molecule has 4 rings (SSSR count). The summed E-state index contributed by atoms with van der Waals surface area (Å²) in [5.74, 6) is -1.76. The third-order valence-electron chi connectivity index (χ3n) is 4.86. The van der Waals surface area contributed by atoms with E-state index in [0.717, 1.165) is 59.1 Å². The average molecular weight is 294 g/mol. The molecule has 0 atom stereocenters. The molecule has 0 unspecified atom stereocenters. The van der Waals surface area contributed by atoms with Crippen molar-refractivity contribution < 1.29 is 19.8 Å². The monoisotopic (exact) mass is 294 g/mol. The quantitative estimate of drug-likeness (QED) is 0.912. The van der Waals surface area contributed by atoms with Gasteiger partial charge in [-0.05, 0) is 71.2 Å². The maximum atomic E-state index is 11.2. The van der Waals surface area contributed by atoms with E-state index < -0.39 is 11.9 Å². The molecule has 0 amide bonds. The highest BCUT2D eigenvalue weighted by Crippen LogP contribution is 2.41. The zero-order chi connectivity index (χ0) is 15.4. The third-order valence-corrected chi connectivity index (χ3v) is 4.86. The summed E-state index contributed by atoms with van der Waals surface area (Å²) in [6.07, 6.45) is 3.39. The molecular weight excluding hydrogens is 280 g/mol. The summed E-state index contributed by atoms with van der Waals surface area (Å²) in [6, 6.07) is 7.09. The Balaban J connectivity index is 1.88. The van der Waals surface area contributed by atoms with Crippen LogP contribution in [0, 0.1) is 0 Å². The highest BCUT2D eigenvalue weighted by atomic mass is 16.4. The Kier molecular flexibility index (Phi) is 2.64. The van der Waals surface area contributed by atoms with Crippen LogP contribution in [0.15, 0.2) is 24.3 Å². The number of fused-ring (bicyclic) bond motifs is 2. The molecule has 2 aliphatic carbocycles. The molecule has 0 bridgehead atoms. The van der Waals surface area contributed by atoms with Gasteiger partial charge in [-0.3, -0.25) is 0 Å². The first-order valence-corrected chi connectivity index (χ1v) is 7.34. The van der Waals surface area contributed by atoms with Crippen LogP contribution in [0.1, 0.15) is 43.0 Å². The van der Waals surface area contributed by atoms with Crippen LogP contribution in [-0.4, -0.2) is 22.2 Å². The first kappa shape index (κ1) is 13.1. The lowest BCUT2D eigenvalue weighted by molar-refractivity contribution is 0.0684. The second-order valence-corrected chi connectivity index (χ2v) is 5.85. The van der Waals surface area contributed by atoms with Gasteiger partial charge in [0.2, 0.25) is 0 Å². The molecule has 0 aromatic heterocycles. The van der Waals surface area contributed by atoms with Crippen LogP contribution >= 0.6 is 0 Å². The average Bonchev–Trinajstić information content (AvgIpc) is 2.39. The molecule has 110 valence electrons. The zero-order valence-electron chi connectivity index (χ0n) is 11.8. The van der Waals surface area contributed by atoms with Gasteiger partial charge in [0, 0.05) is 0 Å². The summed E-state index contributed by atoms with van der Waals surface area (Å²) in [6.45, 7) is 0. The number of hydrogen-bond donors (Lipinski definition) is 2. The van der Waals surface area contributed by atoms with Crippen LogP contribution in [0.3, 0.4) is 0 Å². The van der Waals surface area contributed by atoms with Gasteiger partial charge < -0.3 is 10.2 Å². The van der Waals surface area contributed by atoms with E-state index in [1.165, 1.54) is 0 Å². The zero-order valence-corrected chi connectivity index (χ0v) is 11.8. The molecule has 0 saturated heterocycles. The first-order valence-electron chi connectivity index (χ1n) is 7.34. The number of hydrogen-bond acceptors (Lipinski definition) is 2. The minimum Gasteiger partial charge on any atom is -0.478 e. The topological polar surface area (TPSA) is 74.6 Å².